The van der Waals surface area contributed by atoms with E-state index >= 15 is 0 Å². The summed E-state index contributed by atoms with van der Waals surface area (Å²) >= 11 is 5.83. The first kappa shape index (κ1) is 15.4. The molecule has 0 bridgehead atoms. The summed E-state index contributed by atoms with van der Waals surface area (Å²) in [7, 11) is 0. The van der Waals surface area contributed by atoms with E-state index < -0.39 is 16.2 Å². The maximum absolute atomic E-state index is 11.9. The largest absolute Gasteiger partial charge is 0.396 e. The number of nitrogens with one attached hydrogen (secondary N) is 1. The number of nitro groups is 1. The van der Waals surface area contributed by atoms with Crippen LogP contribution in [0.4, 0.5) is 5.69 Å². The minimum atomic E-state index is -0.642. The van der Waals surface area contributed by atoms with Gasteiger partial charge in [-0.15, -0.1) is 0 Å². The minimum Gasteiger partial charge on any atom is -0.396 e. The molecule has 104 valence electrons. The summed E-state index contributed by atoms with van der Waals surface area (Å²) in [6.45, 7) is 3.71. The molecule has 0 saturated heterocycles. The molecular formula is C12H15ClN2O4. The van der Waals surface area contributed by atoms with Gasteiger partial charge in [-0.25, -0.2) is 0 Å². The Labute approximate surface area is 115 Å². The Morgan fingerprint density at radius 1 is 1.53 bits per heavy atom. The topological polar surface area (TPSA) is 92.5 Å². The molecule has 19 heavy (non-hydrogen) atoms. The number of rotatable bonds is 5. The first-order valence-corrected chi connectivity index (χ1v) is 5.98. The average molecular weight is 287 g/mol. The summed E-state index contributed by atoms with van der Waals surface area (Å²) in [5, 5.41) is 22.2. The standard InChI is InChI=1S/C12H15ClN2O4/c1-12(2,7-16)6-14-11(17)8-4-3-5-9(10(8)13)15(18)19/h3-5,16H,6-7H2,1-2H3,(H,14,17). The van der Waals surface area contributed by atoms with Crippen LogP contribution >= 0.6 is 11.6 Å². The molecule has 0 saturated carbocycles. The first-order chi connectivity index (χ1) is 8.78. The molecule has 0 atom stereocenters. The number of aliphatic hydroxyl groups is 1. The molecule has 6 nitrogen and oxygen atoms in total. The van der Waals surface area contributed by atoms with Gasteiger partial charge in [-0.05, 0) is 6.07 Å². The lowest BCUT2D eigenvalue weighted by molar-refractivity contribution is -0.384. The van der Waals surface area contributed by atoms with E-state index in [1.165, 1.54) is 18.2 Å². The Kier molecular flexibility index (Phi) is 4.85. The van der Waals surface area contributed by atoms with Crippen LogP contribution in [0.3, 0.4) is 0 Å². The molecule has 0 aliphatic rings. The number of nitrogens with zero attached hydrogens (tertiary/aromatic N) is 1. The van der Waals surface area contributed by atoms with Crippen molar-refractivity contribution in [1.29, 1.82) is 0 Å². The summed E-state index contributed by atoms with van der Waals surface area (Å²) in [6.07, 6.45) is 0. The highest BCUT2D eigenvalue weighted by atomic mass is 35.5. The van der Waals surface area contributed by atoms with E-state index in [4.69, 9.17) is 16.7 Å². The van der Waals surface area contributed by atoms with Gasteiger partial charge in [0.1, 0.15) is 5.02 Å². The van der Waals surface area contributed by atoms with E-state index in [0.717, 1.165) is 0 Å². The second-order valence-corrected chi connectivity index (χ2v) is 5.28. The summed E-state index contributed by atoms with van der Waals surface area (Å²) < 4.78 is 0. The van der Waals surface area contributed by atoms with Crippen molar-refractivity contribution in [2.24, 2.45) is 5.41 Å². The van der Waals surface area contributed by atoms with Gasteiger partial charge in [0.25, 0.3) is 11.6 Å². The van der Waals surface area contributed by atoms with Gasteiger partial charge in [0, 0.05) is 24.6 Å². The predicted octanol–water partition coefficient (Wildman–Crippen LogP) is 2.00. The molecule has 0 aromatic heterocycles. The van der Waals surface area contributed by atoms with Crippen molar-refractivity contribution >= 4 is 23.2 Å². The van der Waals surface area contributed by atoms with E-state index in [2.05, 4.69) is 5.32 Å². The zero-order valence-electron chi connectivity index (χ0n) is 10.6. The van der Waals surface area contributed by atoms with Crippen molar-refractivity contribution in [2.75, 3.05) is 13.2 Å². The van der Waals surface area contributed by atoms with Gasteiger partial charge in [-0.3, -0.25) is 14.9 Å². The fraction of sp³-hybridized carbons (Fsp3) is 0.417. The Hall–Kier alpha value is -1.66. The van der Waals surface area contributed by atoms with Crippen LogP contribution < -0.4 is 5.32 Å². The van der Waals surface area contributed by atoms with Crippen molar-refractivity contribution in [3.8, 4) is 0 Å². The summed E-state index contributed by atoms with van der Waals surface area (Å²) in [5.74, 6) is -0.504. The quantitative estimate of drug-likeness (QED) is 0.639. The van der Waals surface area contributed by atoms with Crippen LogP contribution in [0.25, 0.3) is 0 Å². The van der Waals surface area contributed by atoms with E-state index in [9.17, 15) is 14.9 Å². The maximum Gasteiger partial charge on any atom is 0.288 e. The Bertz CT molecular complexity index is 503. The van der Waals surface area contributed by atoms with Gasteiger partial charge in [0.05, 0.1) is 10.5 Å². The summed E-state index contributed by atoms with van der Waals surface area (Å²) in [4.78, 5) is 22.0. The predicted molar refractivity (Wildman–Crippen MR) is 71.3 cm³/mol. The normalized spacial score (nSPS) is 11.2. The van der Waals surface area contributed by atoms with E-state index in [-0.39, 0.29) is 29.4 Å². The van der Waals surface area contributed by atoms with Gasteiger partial charge in [-0.2, -0.15) is 0 Å². The molecular weight excluding hydrogens is 272 g/mol. The van der Waals surface area contributed by atoms with Crippen LogP contribution in [-0.4, -0.2) is 29.1 Å². The second kappa shape index (κ2) is 5.99. The van der Waals surface area contributed by atoms with Crippen molar-refractivity contribution in [1.82, 2.24) is 5.32 Å². The highest BCUT2D eigenvalue weighted by Crippen LogP contribution is 2.27. The molecule has 7 heteroatoms. The van der Waals surface area contributed by atoms with E-state index in [0.29, 0.717) is 0 Å². The molecule has 1 amide bonds. The molecule has 0 aliphatic heterocycles. The lowest BCUT2D eigenvalue weighted by atomic mass is 9.95. The van der Waals surface area contributed by atoms with Crippen LogP contribution in [0, 0.1) is 15.5 Å². The zero-order valence-corrected chi connectivity index (χ0v) is 11.4. The third-order valence-corrected chi connectivity index (χ3v) is 2.97. The molecule has 0 spiro atoms. The Morgan fingerprint density at radius 3 is 2.68 bits per heavy atom. The number of amides is 1. The number of halogens is 1. The molecule has 0 radical (unpaired) electrons. The molecule has 1 rings (SSSR count). The number of hydrogen-bond donors (Lipinski definition) is 2. The van der Waals surface area contributed by atoms with Gasteiger partial charge >= 0.3 is 0 Å². The van der Waals surface area contributed by atoms with Gasteiger partial charge in [0.15, 0.2) is 0 Å². The minimum absolute atomic E-state index is 0.0459. The SMILES string of the molecule is CC(C)(CO)CNC(=O)c1cccc([N+](=O)[O-])c1Cl. The fourth-order valence-electron chi connectivity index (χ4n) is 1.31. The number of aliphatic hydroxyl groups excluding tert-OH is 1. The van der Waals surface area contributed by atoms with E-state index in [1.807, 2.05) is 0 Å². The highest BCUT2D eigenvalue weighted by Gasteiger charge is 2.22. The lowest BCUT2D eigenvalue weighted by Crippen LogP contribution is -2.36. The van der Waals surface area contributed by atoms with Crippen LogP contribution in [0.1, 0.15) is 24.2 Å². The number of carbonyl (C=O) groups excluding carboxylic acids is 1. The molecule has 1 aromatic carbocycles. The highest BCUT2D eigenvalue weighted by molar-refractivity contribution is 6.35. The first-order valence-electron chi connectivity index (χ1n) is 5.60. The smallest absolute Gasteiger partial charge is 0.288 e. The Balaban J connectivity index is 2.89. The number of hydrogen-bond acceptors (Lipinski definition) is 4. The van der Waals surface area contributed by atoms with Crippen LogP contribution in [-0.2, 0) is 0 Å². The van der Waals surface area contributed by atoms with Crippen molar-refractivity contribution in [3.05, 3.63) is 38.9 Å². The lowest BCUT2D eigenvalue weighted by Gasteiger charge is -2.21. The third-order valence-electron chi connectivity index (χ3n) is 2.58. The third kappa shape index (κ3) is 3.90. The van der Waals surface area contributed by atoms with Gasteiger partial charge in [-0.1, -0.05) is 31.5 Å². The van der Waals surface area contributed by atoms with Crippen LogP contribution in [0.15, 0.2) is 18.2 Å². The molecule has 2 N–H and O–H groups in total. The second-order valence-electron chi connectivity index (χ2n) is 4.90. The summed E-state index contributed by atoms with van der Waals surface area (Å²) in [6, 6.07) is 4.05. The summed E-state index contributed by atoms with van der Waals surface area (Å²) in [5.41, 5.74) is -0.733. The van der Waals surface area contributed by atoms with Gasteiger partial charge in [0.2, 0.25) is 0 Å². The number of benzene rings is 1. The molecule has 1 aromatic rings. The maximum atomic E-state index is 11.9. The fourth-order valence-corrected chi connectivity index (χ4v) is 1.59. The number of carbonyl (C=O) groups is 1. The molecule has 0 unspecified atom stereocenters. The Morgan fingerprint density at radius 2 is 2.16 bits per heavy atom. The molecule has 0 aliphatic carbocycles. The zero-order chi connectivity index (χ0) is 14.6. The van der Waals surface area contributed by atoms with Crippen molar-refractivity contribution in [2.45, 2.75) is 13.8 Å². The van der Waals surface area contributed by atoms with Crippen LogP contribution in [0.5, 0.6) is 0 Å². The van der Waals surface area contributed by atoms with Gasteiger partial charge < -0.3 is 10.4 Å². The van der Waals surface area contributed by atoms with Crippen molar-refractivity contribution in [3.63, 3.8) is 0 Å². The van der Waals surface area contributed by atoms with Crippen molar-refractivity contribution < 1.29 is 14.8 Å². The monoisotopic (exact) mass is 286 g/mol. The molecule has 0 fully saturated rings. The number of nitro benzene ring substituents is 1. The molecule has 0 heterocycles. The average Bonchev–Trinajstić information content (AvgIpc) is 2.36. The van der Waals surface area contributed by atoms with Crippen LogP contribution in [0.2, 0.25) is 5.02 Å². The van der Waals surface area contributed by atoms with E-state index in [1.54, 1.807) is 13.8 Å².